The zero-order valence-corrected chi connectivity index (χ0v) is 15.2. The lowest BCUT2D eigenvalue weighted by molar-refractivity contribution is -0.127. The number of hydrogen-bond donors (Lipinski definition) is 2. The summed E-state index contributed by atoms with van der Waals surface area (Å²) < 4.78 is 18.4. The fraction of sp³-hybridized carbons (Fsp3) is 0.105. The highest BCUT2D eigenvalue weighted by atomic mass is 35.5. The molecule has 9 heteroatoms. The van der Waals surface area contributed by atoms with E-state index in [0.29, 0.717) is 17.0 Å². The molecule has 144 valence electrons. The summed E-state index contributed by atoms with van der Waals surface area (Å²) in [6.45, 7) is -0.448. The highest BCUT2D eigenvalue weighted by molar-refractivity contribution is 6.30. The molecule has 2 aromatic carbocycles. The molecule has 28 heavy (non-hydrogen) atoms. The topological polar surface area (TPSA) is 87.7 Å². The highest BCUT2D eigenvalue weighted by Gasteiger charge is 2.26. The van der Waals surface area contributed by atoms with E-state index >= 15 is 0 Å². The van der Waals surface area contributed by atoms with Crippen molar-refractivity contribution in [3.63, 3.8) is 0 Å². The molecule has 0 atom stereocenters. The van der Waals surface area contributed by atoms with Crippen molar-refractivity contribution in [3.05, 3.63) is 64.9 Å². The summed E-state index contributed by atoms with van der Waals surface area (Å²) in [6.07, 6.45) is 2.56. The van der Waals surface area contributed by atoms with Crippen LogP contribution in [0.15, 0.2) is 48.5 Å². The van der Waals surface area contributed by atoms with Gasteiger partial charge in [0.25, 0.3) is 17.7 Å². The predicted molar refractivity (Wildman–Crippen MR) is 101 cm³/mol. The van der Waals surface area contributed by atoms with Crippen LogP contribution in [0.2, 0.25) is 5.02 Å². The van der Waals surface area contributed by atoms with E-state index in [9.17, 15) is 18.8 Å². The molecule has 0 aliphatic carbocycles. The number of halogens is 2. The van der Waals surface area contributed by atoms with Crippen LogP contribution in [0.4, 0.5) is 10.1 Å². The number of fused-ring (bicyclic) bond motifs is 1. The third kappa shape index (κ3) is 4.66. The second-order valence-electron chi connectivity index (χ2n) is 5.78. The smallest absolute Gasteiger partial charge is 0.265 e. The van der Waals surface area contributed by atoms with Crippen LogP contribution in [0.5, 0.6) is 5.75 Å². The molecule has 7 nitrogen and oxygen atoms in total. The molecule has 2 aromatic rings. The van der Waals surface area contributed by atoms with E-state index < -0.39 is 17.6 Å². The zero-order chi connectivity index (χ0) is 20.1. The summed E-state index contributed by atoms with van der Waals surface area (Å²) in [5.74, 6) is -1.62. The normalized spacial score (nSPS) is 13.1. The molecule has 1 aliphatic rings. The van der Waals surface area contributed by atoms with Crippen molar-refractivity contribution in [2.24, 2.45) is 0 Å². The number of hydrogen-bond acceptors (Lipinski definition) is 4. The first-order valence-corrected chi connectivity index (χ1v) is 8.56. The Bertz CT molecular complexity index is 964. The Morgan fingerprint density at radius 2 is 2.00 bits per heavy atom. The van der Waals surface area contributed by atoms with Crippen LogP contribution in [0.1, 0.15) is 5.56 Å². The monoisotopic (exact) mass is 403 g/mol. The van der Waals surface area contributed by atoms with Crippen molar-refractivity contribution in [2.45, 2.75) is 0 Å². The van der Waals surface area contributed by atoms with Crippen molar-refractivity contribution in [3.8, 4) is 5.75 Å². The Hall–Kier alpha value is -3.39. The van der Waals surface area contributed by atoms with Gasteiger partial charge in [0.1, 0.15) is 18.1 Å². The van der Waals surface area contributed by atoms with Gasteiger partial charge in [-0.1, -0.05) is 29.8 Å². The second kappa shape index (κ2) is 8.53. The Morgan fingerprint density at radius 3 is 2.79 bits per heavy atom. The summed E-state index contributed by atoms with van der Waals surface area (Å²) in [4.78, 5) is 37.2. The first-order valence-electron chi connectivity index (χ1n) is 8.18. The molecule has 0 spiro atoms. The Morgan fingerprint density at radius 1 is 1.21 bits per heavy atom. The van der Waals surface area contributed by atoms with Crippen LogP contribution < -0.4 is 20.5 Å². The summed E-state index contributed by atoms with van der Waals surface area (Å²) >= 11 is 5.66. The summed E-state index contributed by atoms with van der Waals surface area (Å²) in [5, 5.41) is -0.0636. The number of rotatable bonds is 4. The molecule has 1 heterocycles. The molecule has 0 saturated carbocycles. The van der Waals surface area contributed by atoms with Crippen molar-refractivity contribution in [1.82, 2.24) is 10.9 Å². The van der Waals surface area contributed by atoms with Gasteiger partial charge in [0, 0.05) is 6.08 Å². The quantitative estimate of drug-likeness (QED) is 0.604. The van der Waals surface area contributed by atoms with Crippen molar-refractivity contribution < 1.29 is 23.5 Å². The van der Waals surface area contributed by atoms with E-state index in [1.807, 2.05) is 0 Å². The van der Waals surface area contributed by atoms with Crippen LogP contribution >= 0.6 is 11.6 Å². The van der Waals surface area contributed by atoms with Gasteiger partial charge in [-0.15, -0.1) is 0 Å². The number of para-hydroxylation sites is 2. The van der Waals surface area contributed by atoms with Gasteiger partial charge in [-0.2, -0.15) is 0 Å². The zero-order valence-electron chi connectivity index (χ0n) is 14.4. The van der Waals surface area contributed by atoms with Gasteiger partial charge in [-0.25, -0.2) is 4.39 Å². The molecule has 0 unspecified atom stereocenters. The molecule has 0 saturated heterocycles. The van der Waals surface area contributed by atoms with Crippen LogP contribution in [-0.4, -0.2) is 30.9 Å². The molecule has 2 N–H and O–H groups in total. The minimum atomic E-state index is -0.609. The highest BCUT2D eigenvalue weighted by Crippen LogP contribution is 2.31. The predicted octanol–water partition coefficient (Wildman–Crippen LogP) is 2.07. The lowest BCUT2D eigenvalue weighted by Gasteiger charge is -2.28. The maximum Gasteiger partial charge on any atom is 0.265 e. The fourth-order valence-corrected chi connectivity index (χ4v) is 2.66. The number of nitrogens with one attached hydrogen (secondary N) is 2. The third-order valence-electron chi connectivity index (χ3n) is 3.81. The number of ether oxygens (including phenoxy) is 1. The standard InChI is InChI=1S/C19H15ClFN3O4/c20-13-9-12(5-7-14(13)21)6-8-17(25)22-23-18(26)10-24-15-3-1-2-4-16(15)28-11-19(24)27/h1-9H,10-11H2,(H,22,25)(H,23,26)/b8-6+. The number of benzene rings is 2. The van der Waals surface area contributed by atoms with Gasteiger partial charge in [0.05, 0.1) is 10.7 Å². The van der Waals surface area contributed by atoms with Gasteiger partial charge in [0.2, 0.25) is 0 Å². The molecular weight excluding hydrogens is 389 g/mol. The maximum atomic E-state index is 13.1. The molecule has 0 fully saturated rings. The van der Waals surface area contributed by atoms with Gasteiger partial charge in [-0.3, -0.25) is 30.1 Å². The number of amides is 3. The first-order chi connectivity index (χ1) is 13.4. The summed E-state index contributed by atoms with van der Waals surface area (Å²) in [7, 11) is 0. The number of hydrazine groups is 1. The summed E-state index contributed by atoms with van der Waals surface area (Å²) in [6, 6.07) is 10.8. The molecule has 3 rings (SSSR count). The molecule has 1 aliphatic heterocycles. The van der Waals surface area contributed by atoms with E-state index in [1.54, 1.807) is 24.3 Å². The van der Waals surface area contributed by atoms with Crippen LogP contribution in [0.25, 0.3) is 6.08 Å². The van der Waals surface area contributed by atoms with Crippen molar-refractivity contribution >= 4 is 41.1 Å². The lowest BCUT2D eigenvalue weighted by atomic mass is 10.2. The number of carbonyl (C=O) groups is 3. The number of nitrogens with zero attached hydrogens (tertiary/aromatic N) is 1. The third-order valence-corrected chi connectivity index (χ3v) is 4.10. The SMILES string of the molecule is O=C(/C=C/c1ccc(F)c(Cl)c1)NNC(=O)CN1C(=O)COc2ccccc21. The van der Waals surface area contributed by atoms with E-state index in [2.05, 4.69) is 10.9 Å². The Kier molecular flexibility index (Phi) is 5.90. The van der Waals surface area contributed by atoms with Gasteiger partial charge >= 0.3 is 0 Å². The number of anilines is 1. The number of carbonyl (C=O) groups excluding carboxylic acids is 3. The minimum absolute atomic E-state index is 0.0636. The Labute approximate surface area is 164 Å². The molecule has 3 amide bonds. The largest absolute Gasteiger partial charge is 0.482 e. The lowest BCUT2D eigenvalue weighted by Crippen LogP contribution is -2.49. The second-order valence-corrected chi connectivity index (χ2v) is 6.19. The van der Waals surface area contributed by atoms with E-state index in [-0.39, 0.29) is 24.1 Å². The van der Waals surface area contributed by atoms with Crippen LogP contribution in [0.3, 0.4) is 0 Å². The van der Waals surface area contributed by atoms with Crippen LogP contribution in [0, 0.1) is 5.82 Å². The average molecular weight is 404 g/mol. The van der Waals surface area contributed by atoms with Gasteiger partial charge in [0.15, 0.2) is 6.61 Å². The Balaban J connectivity index is 1.54. The molecular formula is C19H15ClFN3O4. The van der Waals surface area contributed by atoms with Crippen LogP contribution in [-0.2, 0) is 14.4 Å². The van der Waals surface area contributed by atoms with Crippen molar-refractivity contribution in [1.29, 1.82) is 0 Å². The molecule has 0 bridgehead atoms. The minimum Gasteiger partial charge on any atom is -0.482 e. The van der Waals surface area contributed by atoms with Gasteiger partial charge in [-0.05, 0) is 35.9 Å². The summed E-state index contributed by atoms with van der Waals surface area (Å²) in [5.41, 5.74) is 5.43. The maximum absolute atomic E-state index is 13.1. The van der Waals surface area contributed by atoms with E-state index in [4.69, 9.17) is 16.3 Å². The van der Waals surface area contributed by atoms with Gasteiger partial charge < -0.3 is 4.74 Å². The fourth-order valence-electron chi connectivity index (χ4n) is 2.47. The first kappa shape index (κ1) is 19.4. The molecule has 0 radical (unpaired) electrons. The average Bonchev–Trinajstić information content (AvgIpc) is 2.69. The van der Waals surface area contributed by atoms with E-state index in [0.717, 1.165) is 6.08 Å². The molecule has 0 aromatic heterocycles. The van der Waals surface area contributed by atoms with Crippen molar-refractivity contribution in [2.75, 3.05) is 18.1 Å². The van der Waals surface area contributed by atoms with E-state index in [1.165, 1.54) is 29.2 Å².